The smallest absolute Gasteiger partial charge is 0.198 e. The average molecular weight is 365 g/mol. The van der Waals surface area contributed by atoms with Gasteiger partial charge in [0.1, 0.15) is 11.5 Å². The number of H-pyrrole nitrogens is 1. The van der Waals surface area contributed by atoms with E-state index < -0.39 is 5.82 Å². The molecule has 0 amide bonds. The van der Waals surface area contributed by atoms with Crippen LogP contribution in [0.4, 0.5) is 4.39 Å². The Bertz CT molecular complexity index is 1120. The second-order valence-corrected chi connectivity index (χ2v) is 6.43. The van der Waals surface area contributed by atoms with Crippen molar-refractivity contribution in [2.75, 3.05) is 0 Å². The summed E-state index contributed by atoms with van der Waals surface area (Å²) in [6.45, 7) is 0. The monoisotopic (exact) mass is 364 g/mol. The summed E-state index contributed by atoms with van der Waals surface area (Å²) in [6.07, 6.45) is 3.92. The lowest BCUT2D eigenvalue weighted by molar-refractivity contribution is 0.103. The molecular weight excluding hydrogens is 351 g/mol. The maximum Gasteiger partial charge on any atom is 0.198 e. The molecule has 0 atom stereocenters. The van der Waals surface area contributed by atoms with E-state index in [0.29, 0.717) is 28.0 Å². The fraction of sp³-hybridized carbons (Fsp3) is 0.0476. The predicted octanol–water partition coefficient (Wildman–Crippen LogP) is 5.18. The lowest BCUT2D eigenvalue weighted by Gasteiger charge is -2.05. The van der Waals surface area contributed by atoms with Crippen LogP contribution in [0.15, 0.2) is 67.0 Å². The Hall–Kier alpha value is -2.98. The van der Waals surface area contributed by atoms with E-state index >= 15 is 0 Å². The van der Waals surface area contributed by atoms with Gasteiger partial charge in [-0.1, -0.05) is 41.9 Å². The molecule has 0 saturated heterocycles. The molecule has 3 nitrogen and oxygen atoms in total. The van der Waals surface area contributed by atoms with E-state index in [2.05, 4.69) is 9.97 Å². The van der Waals surface area contributed by atoms with E-state index in [1.54, 1.807) is 24.5 Å². The third-order valence-electron chi connectivity index (χ3n) is 4.30. The molecule has 4 rings (SSSR count). The summed E-state index contributed by atoms with van der Waals surface area (Å²) < 4.78 is 14.0. The van der Waals surface area contributed by atoms with Gasteiger partial charge in [-0.3, -0.25) is 4.79 Å². The van der Waals surface area contributed by atoms with Crippen molar-refractivity contribution in [1.82, 2.24) is 9.97 Å². The van der Waals surface area contributed by atoms with E-state index in [4.69, 9.17) is 11.6 Å². The standard InChI is InChI=1S/C21H14ClFN2O/c22-18-7-3-1-5-14(18)9-13-10-16-17(12-25-21(16)24-11-13)20(26)15-6-2-4-8-19(15)23/h1-8,10-12H,9H2,(H,24,25). The van der Waals surface area contributed by atoms with Gasteiger partial charge in [-0.2, -0.15) is 0 Å². The van der Waals surface area contributed by atoms with Crippen LogP contribution in [0.25, 0.3) is 11.0 Å². The van der Waals surface area contributed by atoms with Crippen LogP contribution >= 0.6 is 11.6 Å². The van der Waals surface area contributed by atoms with E-state index in [-0.39, 0.29) is 11.3 Å². The highest BCUT2D eigenvalue weighted by Crippen LogP contribution is 2.24. The fourth-order valence-corrected chi connectivity index (χ4v) is 3.19. The molecule has 0 fully saturated rings. The molecule has 1 N–H and O–H groups in total. The fourth-order valence-electron chi connectivity index (χ4n) is 2.98. The van der Waals surface area contributed by atoms with Gasteiger partial charge >= 0.3 is 0 Å². The molecule has 0 radical (unpaired) electrons. The number of ketones is 1. The first-order valence-corrected chi connectivity index (χ1v) is 8.50. The van der Waals surface area contributed by atoms with Crippen molar-refractivity contribution in [3.8, 4) is 0 Å². The van der Waals surface area contributed by atoms with E-state index in [1.807, 2.05) is 30.3 Å². The highest BCUT2D eigenvalue weighted by molar-refractivity contribution is 6.31. The summed E-state index contributed by atoms with van der Waals surface area (Å²) in [7, 11) is 0. The summed E-state index contributed by atoms with van der Waals surface area (Å²) >= 11 is 6.23. The Morgan fingerprint density at radius 1 is 1.08 bits per heavy atom. The van der Waals surface area contributed by atoms with Crippen molar-refractivity contribution in [3.05, 3.63) is 100 Å². The molecule has 0 saturated carbocycles. The summed E-state index contributed by atoms with van der Waals surface area (Å²) in [6, 6.07) is 15.5. The van der Waals surface area contributed by atoms with Crippen LogP contribution in [0.2, 0.25) is 5.02 Å². The largest absolute Gasteiger partial charge is 0.345 e. The quantitative estimate of drug-likeness (QED) is 0.507. The Morgan fingerprint density at radius 3 is 2.65 bits per heavy atom. The van der Waals surface area contributed by atoms with Gasteiger partial charge in [-0.25, -0.2) is 9.37 Å². The van der Waals surface area contributed by atoms with Gasteiger partial charge in [-0.15, -0.1) is 0 Å². The minimum atomic E-state index is -0.535. The van der Waals surface area contributed by atoms with Crippen LogP contribution < -0.4 is 0 Å². The lowest BCUT2D eigenvalue weighted by Crippen LogP contribution is -2.03. The first-order valence-electron chi connectivity index (χ1n) is 8.12. The van der Waals surface area contributed by atoms with Crippen molar-refractivity contribution in [2.45, 2.75) is 6.42 Å². The molecule has 0 aliphatic heterocycles. The van der Waals surface area contributed by atoms with Crippen LogP contribution in [0.5, 0.6) is 0 Å². The van der Waals surface area contributed by atoms with Crippen molar-refractivity contribution in [3.63, 3.8) is 0 Å². The number of carbonyl (C=O) groups excluding carboxylic acids is 1. The third kappa shape index (κ3) is 3.00. The number of nitrogens with zero attached hydrogens (tertiary/aromatic N) is 1. The Balaban J connectivity index is 1.75. The molecule has 128 valence electrons. The van der Waals surface area contributed by atoms with Crippen LogP contribution in [-0.4, -0.2) is 15.8 Å². The highest BCUT2D eigenvalue weighted by Gasteiger charge is 2.18. The van der Waals surface area contributed by atoms with Crippen LogP contribution in [0.1, 0.15) is 27.0 Å². The molecule has 2 aromatic carbocycles. The Morgan fingerprint density at radius 2 is 1.85 bits per heavy atom. The number of aromatic amines is 1. The molecule has 4 aromatic rings. The second-order valence-electron chi connectivity index (χ2n) is 6.02. The topological polar surface area (TPSA) is 45.8 Å². The van der Waals surface area contributed by atoms with E-state index in [9.17, 15) is 9.18 Å². The van der Waals surface area contributed by atoms with Gasteiger partial charge in [0.2, 0.25) is 0 Å². The summed E-state index contributed by atoms with van der Waals surface area (Å²) in [5.74, 6) is -0.905. The number of halogens is 2. The molecular formula is C21H14ClFN2O. The van der Waals surface area contributed by atoms with Crippen LogP contribution in [0.3, 0.4) is 0 Å². The van der Waals surface area contributed by atoms with Crippen LogP contribution in [-0.2, 0) is 6.42 Å². The highest BCUT2D eigenvalue weighted by atomic mass is 35.5. The SMILES string of the molecule is O=C(c1ccccc1F)c1c[nH]c2ncc(Cc3ccccc3Cl)cc12. The minimum Gasteiger partial charge on any atom is -0.345 e. The van der Waals surface area contributed by atoms with Gasteiger partial charge in [0.25, 0.3) is 0 Å². The zero-order valence-corrected chi connectivity index (χ0v) is 14.4. The van der Waals surface area contributed by atoms with Gasteiger partial charge in [0, 0.05) is 34.8 Å². The number of benzene rings is 2. The number of pyridine rings is 1. The minimum absolute atomic E-state index is 0.0462. The zero-order valence-electron chi connectivity index (χ0n) is 13.7. The lowest BCUT2D eigenvalue weighted by atomic mass is 10.0. The van der Waals surface area contributed by atoms with Crippen molar-refractivity contribution >= 4 is 28.4 Å². The maximum atomic E-state index is 14.0. The third-order valence-corrected chi connectivity index (χ3v) is 4.67. The molecule has 2 aromatic heterocycles. The van der Waals surface area contributed by atoms with E-state index in [0.717, 1.165) is 11.1 Å². The molecule has 0 spiro atoms. The van der Waals surface area contributed by atoms with Crippen molar-refractivity contribution in [2.24, 2.45) is 0 Å². The molecule has 0 aliphatic carbocycles. The Kier molecular flexibility index (Phi) is 4.27. The summed E-state index contributed by atoms with van der Waals surface area (Å²) in [4.78, 5) is 20.1. The molecule has 2 heterocycles. The molecule has 26 heavy (non-hydrogen) atoms. The molecule has 0 bridgehead atoms. The number of hydrogen-bond donors (Lipinski definition) is 1. The van der Waals surface area contributed by atoms with Crippen LogP contribution in [0, 0.1) is 5.82 Å². The van der Waals surface area contributed by atoms with Crippen molar-refractivity contribution < 1.29 is 9.18 Å². The van der Waals surface area contributed by atoms with Gasteiger partial charge < -0.3 is 4.98 Å². The average Bonchev–Trinajstić information content (AvgIpc) is 3.07. The van der Waals surface area contributed by atoms with E-state index in [1.165, 1.54) is 12.1 Å². The van der Waals surface area contributed by atoms with Gasteiger partial charge in [0.15, 0.2) is 5.78 Å². The zero-order chi connectivity index (χ0) is 18.1. The molecule has 5 heteroatoms. The number of hydrogen-bond acceptors (Lipinski definition) is 2. The normalized spacial score (nSPS) is 11.0. The number of aromatic nitrogens is 2. The van der Waals surface area contributed by atoms with Gasteiger partial charge in [0.05, 0.1) is 5.56 Å². The number of fused-ring (bicyclic) bond motifs is 1. The molecule has 0 unspecified atom stereocenters. The van der Waals surface area contributed by atoms with Gasteiger partial charge in [-0.05, 0) is 35.4 Å². The second kappa shape index (κ2) is 6.73. The predicted molar refractivity (Wildman–Crippen MR) is 100 cm³/mol. The number of carbonyl (C=O) groups is 1. The first-order chi connectivity index (χ1) is 12.6. The number of rotatable bonds is 4. The first kappa shape index (κ1) is 16.5. The number of nitrogens with one attached hydrogen (secondary N) is 1. The summed E-state index contributed by atoms with van der Waals surface area (Å²) in [5.41, 5.74) is 2.94. The van der Waals surface area contributed by atoms with Crippen molar-refractivity contribution in [1.29, 1.82) is 0 Å². The molecule has 0 aliphatic rings. The maximum absolute atomic E-state index is 14.0. The Labute approximate surface area is 154 Å². The summed E-state index contributed by atoms with van der Waals surface area (Å²) in [5, 5.41) is 1.35.